The highest BCUT2D eigenvalue weighted by atomic mass is 32.2. The lowest BCUT2D eigenvalue weighted by Gasteiger charge is -2.26. The zero-order chi connectivity index (χ0) is 14.2. The molecule has 19 heavy (non-hydrogen) atoms. The third-order valence-corrected chi connectivity index (χ3v) is 5.81. The van der Waals surface area contributed by atoms with Gasteiger partial charge in [-0.15, -0.1) is 0 Å². The van der Waals surface area contributed by atoms with Gasteiger partial charge in [-0.25, -0.2) is 8.42 Å². The molecule has 1 heterocycles. The zero-order valence-electron chi connectivity index (χ0n) is 11.5. The molecule has 1 saturated heterocycles. The molecule has 1 fully saturated rings. The van der Waals surface area contributed by atoms with Gasteiger partial charge in [0.2, 0.25) is 10.0 Å². The van der Waals surface area contributed by atoms with Crippen LogP contribution in [0.4, 0.5) is 5.69 Å². The standard InChI is InChI=1S/C13H20N2O3S/c1-9-11(14)5-4-6-13(9)19(16,17)15(3)12-7-8-18-10(12)2/h4-6,10,12H,7-8,14H2,1-3H3. The molecule has 1 aliphatic rings. The third kappa shape index (κ3) is 2.48. The van der Waals surface area contributed by atoms with E-state index in [1.165, 1.54) is 4.31 Å². The van der Waals surface area contributed by atoms with Gasteiger partial charge in [-0.2, -0.15) is 4.31 Å². The van der Waals surface area contributed by atoms with Gasteiger partial charge in [-0.1, -0.05) is 6.07 Å². The molecule has 0 aromatic heterocycles. The van der Waals surface area contributed by atoms with Crippen molar-refractivity contribution in [2.24, 2.45) is 0 Å². The van der Waals surface area contributed by atoms with Crippen LogP contribution < -0.4 is 5.73 Å². The van der Waals surface area contributed by atoms with Crippen LogP contribution in [-0.4, -0.2) is 38.5 Å². The maximum absolute atomic E-state index is 12.7. The first-order chi connectivity index (χ1) is 8.85. The predicted molar refractivity (Wildman–Crippen MR) is 74.4 cm³/mol. The van der Waals surface area contributed by atoms with Crippen LogP contribution in [0.5, 0.6) is 0 Å². The molecule has 0 bridgehead atoms. The first-order valence-electron chi connectivity index (χ1n) is 6.30. The Labute approximate surface area is 114 Å². The van der Waals surface area contributed by atoms with Gasteiger partial charge in [0, 0.05) is 19.3 Å². The number of hydrogen-bond donors (Lipinski definition) is 1. The second kappa shape index (κ2) is 5.11. The van der Waals surface area contributed by atoms with E-state index in [9.17, 15) is 8.42 Å². The van der Waals surface area contributed by atoms with Gasteiger partial charge >= 0.3 is 0 Å². The maximum atomic E-state index is 12.7. The van der Waals surface area contributed by atoms with Crippen LogP contribution in [0, 0.1) is 6.92 Å². The van der Waals surface area contributed by atoms with Gasteiger partial charge in [0.25, 0.3) is 0 Å². The summed E-state index contributed by atoms with van der Waals surface area (Å²) in [5.41, 5.74) is 6.88. The molecule has 1 aromatic carbocycles. The van der Waals surface area contributed by atoms with Crippen LogP contribution in [0.3, 0.4) is 0 Å². The van der Waals surface area contributed by atoms with Crippen molar-refractivity contribution < 1.29 is 13.2 Å². The summed E-state index contributed by atoms with van der Waals surface area (Å²) in [7, 11) is -1.93. The number of nitrogen functional groups attached to an aromatic ring is 1. The van der Waals surface area contributed by atoms with E-state index >= 15 is 0 Å². The number of likely N-dealkylation sites (N-methyl/N-ethyl adjacent to an activating group) is 1. The Morgan fingerprint density at radius 2 is 2.11 bits per heavy atom. The van der Waals surface area contributed by atoms with E-state index in [1.54, 1.807) is 32.2 Å². The molecule has 2 rings (SSSR count). The molecule has 0 radical (unpaired) electrons. The number of anilines is 1. The van der Waals surface area contributed by atoms with Crippen molar-refractivity contribution >= 4 is 15.7 Å². The summed E-state index contributed by atoms with van der Waals surface area (Å²) >= 11 is 0. The number of nitrogens with two attached hydrogens (primary N) is 1. The number of hydrogen-bond acceptors (Lipinski definition) is 4. The van der Waals surface area contributed by atoms with Gasteiger partial charge in [-0.05, 0) is 38.0 Å². The fraction of sp³-hybridized carbons (Fsp3) is 0.538. The molecule has 2 N–H and O–H groups in total. The monoisotopic (exact) mass is 284 g/mol. The van der Waals surface area contributed by atoms with Crippen LogP contribution in [0.1, 0.15) is 18.9 Å². The number of sulfonamides is 1. The van der Waals surface area contributed by atoms with Crippen molar-refractivity contribution in [2.75, 3.05) is 19.4 Å². The minimum atomic E-state index is -3.54. The lowest BCUT2D eigenvalue weighted by Crippen LogP contribution is -2.41. The second-order valence-corrected chi connectivity index (χ2v) is 6.89. The van der Waals surface area contributed by atoms with Crippen molar-refractivity contribution in [1.82, 2.24) is 4.31 Å². The number of rotatable bonds is 3. The Balaban J connectivity index is 2.39. The summed E-state index contributed by atoms with van der Waals surface area (Å²) in [6, 6.07) is 4.84. The molecule has 0 spiro atoms. The maximum Gasteiger partial charge on any atom is 0.243 e. The smallest absolute Gasteiger partial charge is 0.243 e. The predicted octanol–water partition coefficient (Wildman–Crippen LogP) is 1.38. The van der Waals surface area contributed by atoms with Crippen LogP contribution in [0.2, 0.25) is 0 Å². The van der Waals surface area contributed by atoms with Crippen molar-refractivity contribution in [3.05, 3.63) is 23.8 Å². The quantitative estimate of drug-likeness (QED) is 0.851. The Hall–Kier alpha value is -1.11. The van der Waals surface area contributed by atoms with E-state index in [-0.39, 0.29) is 17.0 Å². The average Bonchev–Trinajstić information content (AvgIpc) is 2.77. The summed E-state index contributed by atoms with van der Waals surface area (Å²) in [6.45, 7) is 4.22. The van der Waals surface area contributed by atoms with Crippen molar-refractivity contribution in [1.29, 1.82) is 0 Å². The fourth-order valence-electron chi connectivity index (χ4n) is 2.44. The summed E-state index contributed by atoms with van der Waals surface area (Å²) in [4.78, 5) is 0.272. The molecule has 0 aliphatic carbocycles. The minimum Gasteiger partial charge on any atom is -0.398 e. The van der Waals surface area contributed by atoms with Gasteiger partial charge in [0.15, 0.2) is 0 Å². The molecule has 0 saturated carbocycles. The highest BCUT2D eigenvalue weighted by Crippen LogP contribution is 2.28. The molecule has 106 valence electrons. The normalized spacial score (nSPS) is 24.0. The fourth-order valence-corrected chi connectivity index (χ4v) is 4.14. The van der Waals surface area contributed by atoms with E-state index < -0.39 is 10.0 Å². The molecule has 6 heteroatoms. The Kier molecular flexibility index (Phi) is 3.85. The van der Waals surface area contributed by atoms with Gasteiger partial charge < -0.3 is 10.5 Å². The molecular weight excluding hydrogens is 264 g/mol. The van der Waals surface area contributed by atoms with E-state index in [2.05, 4.69) is 0 Å². The first-order valence-corrected chi connectivity index (χ1v) is 7.74. The van der Waals surface area contributed by atoms with Crippen molar-refractivity contribution in [2.45, 2.75) is 37.3 Å². The van der Waals surface area contributed by atoms with Gasteiger partial charge in [0.1, 0.15) is 0 Å². The largest absolute Gasteiger partial charge is 0.398 e. The van der Waals surface area contributed by atoms with Crippen molar-refractivity contribution in [3.8, 4) is 0 Å². The Bertz CT molecular complexity index is 571. The lowest BCUT2D eigenvalue weighted by molar-refractivity contribution is 0.102. The molecule has 5 nitrogen and oxygen atoms in total. The number of ether oxygens (including phenoxy) is 1. The minimum absolute atomic E-state index is 0.0823. The van der Waals surface area contributed by atoms with Gasteiger partial charge in [0.05, 0.1) is 17.0 Å². The van der Waals surface area contributed by atoms with Crippen molar-refractivity contribution in [3.63, 3.8) is 0 Å². The second-order valence-electron chi connectivity index (χ2n) is 4.92. The molecule has 2 unspecified atom stereocenters. The highest BCUT2D eigenvalue weighted by molar-refractivity contribution is 7.89. The Morgan fingerprint density at radius 3 is 2.68 bits per heavy atom. The molecule has 2 atom stereocenters. The van der Waals surface area contributed by atoms with Crippen LogP contribution in [-0.2, 0) is 14.8 Å². The number of benzene rings is 1. The van der Waals surface area contributed by atoms with E-state index in [4.69, 9.17) is 10.5 Å². The topological polar surface area (TPSA) is 72.6 Å². The first kappa shape index (κ1) is 14.3. The molecular formula is C13H20N2O3S. The van der Waals surface area contributed by atoms with E-state index in [0.29, 0.717) is 17.9 Å². The van der Waals surface area contributed by atoms with E-state index in [0.717, 1.165) is 6.42 Å². The molecule has 1 aromatic rings. The highest BCUT2D eigenvalue weighted by Gasteiger charge is 2.35. The van der Waals surface area contributed by atoms with Crippen LogP contribution in [0.15, 0.2) is 23.1 Å². The molecule has 1 aliphatic heterocycles. The number of nitrogens with zero attached hydrogens (tertiary/aromatic N) is 1. The molecule has 0 amide bonds. The summed E-state index contributed by atoms with van der Waals surface area (Å²) in [6.07, 6.45) is 0.638. The third-order valence-electron chi connectivity index (χ3n) is 3.79. The van der Waals surface area contributed by atoms with Gasteiger partial charge in [-0.3, -0.25) is 0 Å². The average molecular weight is 284 g/mol. The SMILES string of the molecule is Cc1c(N)cccc1S(=O)(=O)N(C)C1CCOC1C. The Morgan fingerprint density at radius 1 is 1.42 bits per heavy atom. The van der Waals surface area contributed by atoms with Crippen LogP contribution >= 0.6 is 0 Å². The summed E-state index contributed by atoms with van der Waals surface area (Å²) < 4.78 is 32.2. The summed E-state index contributed by atoms with van der Waals surface area (Å²) in [5.74, 6) is 0. The lowest BCUT2D eigenvalue weighted by atomic mass is 10.2. The van der Waals surface area contributed by atoms with E-state index in [1.807, 2.05) is 6.92 Å². The van der Waals surface area contributed by atoms with Crippen LogP contribution in [0.25, 0.3) is 0 Å². The summed E-state index contributed by atoms with van der Waals surface area (Å²) in [5, 5.41) is 0. The zero-order valence-corrected chi connectivity index (χ0v) is 12.3.